The largest absolute Gasteiger partial charge is 0.369 e. The summed E-state index contributed by atoms with van der Waals surface area (Å²) in [7, 11) is -4.06. The maximum Gasteiger partial charge on any atom is 0.264 e. The van der Waals surface area contributed by atoms with Gasteiger partial charge in [0.15, 0.2) is 0 Å². The van der Waals surface area contributed by atoms with Gasteiger partial charge in [0, 0.05) is 4.90 Å². The molecule has 2 aromatic rings. The first-order valence-electron chi connectivity index (χ1n) is 6.17. The Labute approximate surface area is 131 Å². The molecule has 0 bridgehead atoms. The van der Waals surface area contributed by atoms with Gasteiger partial charge in [-0.1, -0.05) is 24.3 Å². The number of rotatable bonds is 6. The fourth-order valence-electron chi connectivity index (χ4n) is 1.69. The molecule has 0 saturated heterocycles. The lowest BCUT2D eigenvalue weighted by molar-refractivity contribution is -0.115. The summed E-state index contributed by atoms with van der Waals surface area (Å²) in [6, 6.07) is 11.6. The number of halogens is 1. The van der Waals surface area contributed by atoms with E-state index in [1.54, 1.807) is 18.2 Å². The molecular formula is C14H13FN2O3S2. The third kappa shape index (κ3) is 3.99. The van der Waals surface area contributed by atoms with Gasteiger partial charge in [-0.25, -0.2) is 12.8 Å². The summed E-state index contributed by atoms with van der Waals surface area (Å²) in [6.45, 7) is 0. The van der Waals surface area contributed by atoms with Crippen LogP contribution in [0, 0.1) is 5.82 Å². The van der Waals surface area contributed by atoms with Crippen LogP contribution in [0.2, 0.25) is 0 Å². The van der Waals surface area contributed by atoms with Crippen LogP contribution in [0.5, 0.6) is 0 Å². The molecule has 3 N–H and O–H groups in total. The highest BCUT2D eigenvalue weighted by Crippen LogP contribution is 2.29. The lowest BCUT2D eigenvalue weighted by Gasteiger charge is -2.12. The molecule has 1 amide bonds. The molecule has 0 aliphatic rings. The average Bonchev–Trinajstić information content (AvgIpc) is 2.46. The average molecular weight is 340 g/mol. The van der Waals surface area contributed by atoms with Crippen LogP contribution < -0.4 is 10.5 Å². The Morgan fingerprint density at radius 2 is 1.77 bits per heavy atom. The summed E-state index contributed by atoms with van der Waals surface area (Å²) in [5, 5.41) is 0. The van der Waals surface area contributed by atoms with Crippen LogP contribution in [0.15, 0.2) is 58.3 Å². The van der Waals surface area contributed by atoms with Crippen LogP contribution in [0.4, 0.5) is 10.1 Å². The van der Waals surface area contributed by atoms with Crippen LogP contribution in [-0.2, 0) is 14.8 Å². The summed E-state index contributed by atoms with van der Waals surface area (Å²) in [5.74, 6) is -1.34. The molecule has 0 saturated carbocycles. The smallest absolute Gasteiger partial charge is 0.264 e. The highest BCUT2D eigenvalue weighted by molar-refractivity contribution is 8.00. The van der Waals surface area contributed by atoms with Gasteiger partial charge >= 0.3 is 0 Å². The standard InChI is InChI=1S/C14H13FN2O3S2/c15-10-5-1-4-8-13(10)22(19,20)17-11-6-2-3-7-12(11)21-9-14(16)18/h1-8,17H,9H2,(H2,16,18). The van der Waals surface area contributed by atoms with E-state index < -0.39 is 26.6 Å². The second kappa shape index (κ2) is 6.80. The third-order valence-corrected chi connectivity index (χ3v) is 5.12. The number of hydrogen-bond acceptors (Lipinski definition) is 4. The Hall–Kier alpha value is -2.06. The van der Waals surface area contributed by atoms with Gasteiger partial charge in [0.25, 0.3) is 10.0 Å². The highest BCUT2D eigenvalue weighted by atomic mass is 32.2. The van der Waals surface area contributed by atoms with Crippen LogP contribution >= 0.6 is 11.8 Å². The molecule has 2 rings (SSSR count). The van der Waals surface area contributed by atoms with Gasteiger partial charge in [0.1, 0.15) is 10.7 Å². The summed E-state index contributed by atoms with van der Waals surface area (Å²) in [4.78, 5) is 10.9. The number of primary amides is 1. The zero-order valence-electron chi connectivity index (χ0n) is 11.3. The predicted octanol–water partition coefficient (Wildman–Crippen LogP) is 2.20. The van der Waals surface area contributed by atoms with E-state index in [4.69, 9.17) is 5.73 Å². The Bertz CT molecular complexity index is 794. The summed E-state index contributed by atoms with van der Waals surface area (Å²) in [5.41, 5.74) is 5.34. The van der Waals surface area contributed by atoms with Crippen molar-refractivity contribution in [1.82, 2.24) is 0 Å². The monoisotopic (exact) mass is 340 g/mol. The van der Waals surface area contributed by atoms with E-state index in [1.165, 1.54) is 24.3 Å². The third-order valence-electron chi connectivity index (χ3n) is 2.63. The number of benzene rings is 2. The van der Waals surface area contributed by atoms with Gasteiger partial charge in [0.05, 0.1) is 11.4 Å². The van der Waals surface area contributed by atoms with E-state index in [-0.39, 0.29) is 11.4 Å². The Kier molecular flexibility index (Phi) is 5.04. The number of carbonyl (C=O) groups is 1. The van der Waals surface area contributed by atoms with Crippen molar-refractivity contribution in [3.05, 3.63) is 54.3 Å². The van der Waals surface area contributed by atoms with Crippen LogP contribution in [0.3, 0.4) is 0 Å². The molecule has 0 unspecified atom stereocenters. The van der Waals surface area contributed by atoms with E-state index in [2.05, 4.69) is 4.72 Å². The molecule has 0 radical (unpaired) electrons. The molecule has 0 spiro atoms. The normalized spacial score (nSPS) is 11.1. The predicted molar refractivity (Wildman–Crippen MR) is 83.6 cm³/mol. The number of nitrogens with two attached hydrogens (primary N) is 1. The molecule has 0 aromatic heterocycles. The minimum atomic E-state index is -4.06. The first kappa shape index (κ1) is 16.3. The Morgan fingerprint density at radius 1 is 1.14 bits per heavy atom. The van der Waals surface area contributed by atoms with Crippen LogP contribution in [0.1, 0.15) is 0 Å². The summed E-state index contributed by atoms with van der Waals surface area (Å²) in [6.07, 6.45) is 0. The van der Waals surface area contributed by atoms with Crippen molar-refractivity contribution >= 4 is 33.4 Å². The second-order valence-corrected chi connectivity index (χ2v) is 6.96. The van der Waals surface area contributed by atoms with Crippen molar-refractivity contribution in [2.75, 3.05) is 10.5 Å². The number of para-hydroxylation sites is 1. The maximum atomic E-state index is 13.7. The summed E-state index contributed by atoms with van der Waals surface area (Å²) >= 11 is 1.10. The lowest BCUT2D eigenvalue weighted by atomic mass is 10.3. The van der Waals surface area contributed by atoms with E-state index in [0.29, 0.717) is 4.90 Å². The van der Waals surface area contributed by atoms with Gasteiger partial charge in [0.2, 0.25) is 5.91 Å². The number of anilines is 1. The van der Waals surface area contributed by atoms with Crippen molar-refractivity contribution in [2.24, 2.45) is 5.73 Å². The number of amides is 1. The number of sulfonamides is 1. The van der Waals surface area contributed by atoms with E-state index in [1.807, 2.05) is 0 Å². The Balaban J connectivity index is 2.30. The number of nitrogens with one attached hydrogen (secondary N) is 1. The van der Waals surface area contributed by atoms with Crippen LogP contribution in [0.25, 0.3) is 0 Å². The van der Waals surface area contributed by atoms with Crippen molar-refractivity contribution in [3.63, 3.8) is 0 Å². The molecule has 8 heteroatoms. The SMILES string of the molecule is NC(=O)CSc1ccccc1NS(=O)(=O)c1ccccc1F. The zero-order valence-corrected chi connectivity index (χ0v) is 13.0. The van der Waals surface area contributed by atoms with E-state index in [0.717, 1.165) is 17.8 Å². The molecule has 0 heterocycles. The fraction of sp³-hybridized carbons (Fsp3) is 0.0714. The van der Waals surface area contributed by atoms with Gasteiger partial charge in [-0.05, 0) is 24.3 Å². The van der Waals surface area contributed by atoms with Crippen molar-refractivity contribution in [2.45, 2.75) is 9.79 Å². The lowest BCUT2D eigenvalue weighted by Crippen LogP contribution is -2.16. The van der Waals surface area contributed by atoms with Crippen molar-refractivity contribution in [1.29, 1.82) is 0 Å². The van der Waals surface area contributed by atoms with Gasteiger partial charge in [-0.2, -0.15) is 0 Å². The molecule has 0 aliphatic carbocycles. The van der Waals surface area contributed by atoms with Crippen LogP contribution in [-0.4, -0.2) is 20.1 Å². The maximum absolute atomic E-state index is 13.7. The minimum absolute atomic E-state index is 0.0123. The first-order chi connectivity index (χ1) is 10.4. The molecule has 0 atom stereocenters. The molecule has 0 fully saturated rings. The quantitative estimate of drug-likeness (QED) is 0.789. The number of carbonyl (C=O) groups excluding carboxylic acids is 1. The fourth-order valence-corrected chi connectivity index (χ4v) is 3.66. The number of hydrogen-bond donors (Lipinski definition) is 2. The van der Waals surface area contributed by atoms with E-state index >= 15 is 0 Å². The minimum Gasteiger partial charge on any atom is -0.369 e. The van der Waals surface area contributed by atoms with Gasteiger partial charge < -0.3 is 5.73 Å². The second-order valence-electron chi connectivity index (χ2n) is 4.29. The zero-order chi connectivity index (χ0) is 16.2. The van der Waals surface area contributed by atoms with Crippen molar-refractivity contribution < 1.29 is 17.6 Å². The molecule has 116 valence electrons. The first-order valence-corrected chi connectivity index (χ1v) is 8.64. The Morgan fingerprint density at radius 3 is 2.45 bits per heavy atom. The summed E-state index contributed by atoms with van der Waals surface area (Å²) < 4.78 is 40.5. The van der Waals surface area contributed by atoms with E-state index in [9.17, 15) is 17.6 Å². The van der Waals surface area contributed by atoms with Gasteiger partial charge in [-0.3, -0.25) is 9.52 Å². The van der Waals surface area contributed by atoms with Crippen molar-refractivity contribution in [3.8, 4) is 0 Å². The molecule has 0 aliphatic heterocycles. The molecule has 5 nitrogen and oxygen atoms in total. The molecule has 22 heavy (non-hydrogen) atoms. The number of thioether (sulfide) groups is 1. The molecule has 2 aromatic carbocycles. The molecular weight excluding hydrogens is 327 g/mol. The van der Waals surface area contributed by atoms with Gasteiger partial charge in [-0.15, -0.1) is 11.8 Å². The topological polar surface area (TPSA) is 89.3 Å². The highest BCUT2D eigenvalue weighted by Gasteiger charge is 2.19.